The van der Waals surface area contributed by atoms with Crippen molar-refractivity contribution in [2.24, 2.45) is 0 Å². The molecule has 4 rings (SSSR count). The van der Waals surface area contributed by atoms with Crippen LogP contribution in [-0.4, -0.2) is 40.2 Å². The number of nitriles is 1. The number of anilines is 1. The molecule has 0 radical (unpaired) electrons. The van der Waals surface area contributed by atoms with Crippen LogP contribution in [0.2, 0.25) is 0 Å². The number of aryl methyl sites for hydroxylation is 1. The van der Waals surface area contributed by atoms with Crippen molar-refractivity contribution in [1.82, 2.24) is 20.4 Å². The summed E-state index contributed by atoms with van der Waals surface area (Å²) in [5.74, 6) is 2.46. The van der Waals surface area contributed by atoms with Crippen LogP contribution in [0.1, 0.15) is 47.4 Å². The number of aromatic nitrogens is 3. The van der Waals surface area contributed by atoms with Gasteiger partial charge in [0.15, 0.2) is 6.61 Å². The van der Waals surface area contributed by atoms with Gasteiger partial charge in [0.05, 0.1) is 5.56 Å². The summed E-state index contributed by atoms with van der Waals surface area (Å²) in [6, 6.07) is 12.8. The van der Waals surface area contributed by atoms with Gasteiger partial charge < -0.3 is 19.5 Å². The minimum atomic E-state index is -0.0998. The SMILES string of the molecule is CCc1nc(COc2ccc(C(=O)NC3CCN(c4ccc(C#N)cn4)CC3)cc2)no1. The van der Waals surface area contributed by atoms with Crippen molar-refractivity contribution in [3.8, 4) is 11.8 Å². The van der Waals surface area contributed by atoms with Gasteiger partial charge in [0.25, 0.3) is 5.91 Å². The van der Waals surface area contributed by atoms with Crippen LogP contribution in [0.15, 0.2) is 47.1 Å². The maximum Gasteiger partial charge on any atom is 0.251 e. The van der Waals surface area contributed by atoms with Crippen molar-refractivity contribution in [3.05, 3.63) is 65.4 Å². The fourth-order valence-electron chi connectivity index (χ4n) is 3.50. The zero-order chi connectivity index (χ0) is 22.3. The second-order valence-corrected chi connectivity index (χ2v) is 7.52. The predicted octanol–water partition coefficient (Wildman–Crippen LogP) is 2.88. The minimum absolute atomic E-state index is 0.0998. The molecule has 0 atom stereocenters. The van der Waals surface area contributed by atoms with Crippen LogP contribution in [0.25, 0.3) is 0 Å². The van der Waals surface area contributed by atoms with E-state index in [9.17, 15) is 4.79 Å². The zero-order valence-electron chi connectivity index (χ0n) is 17.8. The van der Waals surface area contributed by atoms with E-state index in [2.05, 4.69) is 31.4 Å². The first kappa shape index (κ1) is 21.3. The molecule has 9 nitrogen and oxygen atoms in total. The summed E-state index contributed by atoms with van der Waals surface area (Å²) in [4.78, 5) is 23.3. The molecular formula is C23H24N6O3. The second kappa shape index (κ2) is 9.92. The summed E-state index contributed by atoms with van der Waals surface area (Å²) in [6.45, 7) is 3.75. The lowest BCUT2D eigenvalue weighted by atomic mass is 10.0. The summed E-state index contributed by atoms with van der Waals surface area (Å²) in [5.41, 5.74) is 1.13. The molecule has 0 aliphatic carbocycles. The number of amides is 1. The van der Waals surface area contributed by atoms with Gasteiger partial charge in [0.1, 0.15) is 17.6 Å². The minimum Gasteiger partial charge on any atom is -0.485 e. The molecule has 0 spiro atoms. The van der Waals surface area contributed by atoms with Gasteiger partial charge in [-0.05, 0) is 49.2 Å². The number of carbonyl (C=O) groups excluding carboxylic acids is 1. The molecule has 0 bridgehead atoms. The third-order valence-electron chi connectivity index (χ3n) is 5.33. The Morgan fingerprint density at radius 2 is 2.03 bits per heavy atom. The average molecular weight is 432 g/mol. The standard InChI is InChI=1S/C23H24N6O3/c1-2-22-27-20(28-32-22)15-31-19-6-4-17(5-7-19)23(30)26-18-9-11-29(12-10-18)21-8-3-16(13-24)14-25-21/h3-8,14,18H,2,9-12,15H2,1H3,(H,26,30). The lowest BCUT2D eigenvalue weighted by molar-refractivity contribution is 0.0931. The largest absolute Gasteiger partial charge is 0.485 e. The van der Waals surface area contributed by atoms with E-state index >= 15 is 0 Å². The Kier molecular flexibility index (Phi) is 6.60. The molecule has 2 aromatic heterocycles. The van der Waals surface area contributed by atoms with Gasteiger partial charge in [-0.15, -0.1) is 0 Å². The van der Waals surface area contributed by atoms with Crippen molar-refractivity contribution >= 4 is 11.7 Å². The highest BCUT2D eigenvalue weighted by atomic mass is 16.5. The Morgan fingerprint density at radius 1 is 1.25 bits per heavy atom. The Labute approximate surface area is 186 Å². The van der Waals surface area contributed by atoms with E-state index in [0.29, 0.717) is 35.0 Å². The fourth-order valence-corrected chi connectivity index (χ4v) is 3.50. The Bertz CT molecular complexity index is 1080. The third-order valence-corrected chi connectivity index (χ3v) is 5.33. The second-order valence-electron chi connectivity index (χ2n) is 7.52. The monoisotopic (exact) mass is 432 g/mol. The van der Waals surface area contributed by atoms with Crippen molar-refractivity contribution in [2.45, 2.75) is 38.8 Å². The van der Waals surface area contributed by atoms with E-state index in [1.165, 1.54) is 0 Å². The van der Waals surface area contributed by atoms with Gasteiger partial charge in [-0.2, -0.15) is 10.2 Å². The molecule has 0 saturated carbocycles. The number of rotatable bonds is 7. The number of carbonyl (C=O) groups is 1. The lowest BCUT2D eigenvalue weighted by Gasteiger charge is -2.33. The fraction of sp³-hybridized carbons (Fsp3) is 0.348. The van der Waals surface area contributed by atoms with Crippen LogP contribution in [0, 0.1) is 11.3 Å². The molecule has 3 aromatic rings. The van der Waals surface area contributed by atoms with Crippen molar-refractivity contribution in [2.75, 3.05) is 18.0 Å². The molecule has 32 heavy (non-hydrogen) atoms. The maximum atomic E-state index is 12.6. The van der Waals surface area contributed by atoms with Crippen molar-refractivity contribution in [3.63, 3.8) is 0 Å². The smallest absolute Gasteiger partial charge is 0.251 e. The first-order valence-electron chi connectivity index (χ1n) is 10.6. The van der Waals surface area contributed by atoms with Gasteiger partial charge in [-0.1, -0.05) is 12.1 Å². The number of hydrogen-bond acceptors (Lipinski definition) is 8. The molecule has 1 N–H and O–H groups in total. The molecule has 1 amide bonds. The van der Waals surface area contributed by atoms with Gasteiger partial charge in [0.2, 0.25) is 11.7 Å². The normalized spacial score (nSPS) is 14.1. The molecule has 164 valence electrons. The van der Waals surface area contributed by atoms with Gasteiger partial charge in [0, 0.05) is 37.3 Å². The number of pyridine rings is 1. The zero-order valence-corrected chi connectivity index (χ0v) is 17.8. The van der Waals surface area contributed by atoms with Crippen LogP contribution in [0.4, 0.5) is 5.82 Å². The van der Waals surface area contributed by atoms with Gasteiger partial charge in [-0.25, -0.2) is 4.98 Å². The quantitative estimate of drug-likeness (QED) is 0.606. The van der Waals surface area contributed by atoms with E-state index in [-0.39, 0.29) is 18.6 Å². The van der Waals surface area contributed by atoms with Crippen molar-refractivity contribution in [1.29, 1.82) is 5.26 Å². The molecule has 1 fully saturated rings. The van der Waals surface area contributed by atoms with E-state index in [1.807, 2.05) is 13.0 Å². The van der Waals surface area contributed by atoms with Crippen molar-refractivity contribution < 1.29 is 14.1 Å². The molecule has 1 aliphatic rings. The Balaban J connectivity index is 1.24. The van der Waals surface area contributed by atoms with E-state index < -0.39 is 0 Å². The van der Waals surface area contributed by atoms with E-state index in [4.69, 9.17) is 14.5 Å². The summed E-state index contributed by atoms with van der Waals surface area (Å²) < 4.78 is 10.7. The number of hydrogen-bond donors (Lipinski definition) is 1. The molecular weight excluding hydrogens is 408 g/mol. The van der Waals surface area contributed by atoms with Gasteiger partial charge >= 0.3 is 0 Å². The summed E-state index contributed by atoms with van der Waals surface area (Å²) in [5, 5.41) is 15.9. The van der Waals surface area contributed by atoms with Crippen LogP contribution in [-0.2, 0) is 13.0 Å². The third kappa shape index (κ3) is 5.21. The Hall–Kier alpha value is -3.93. The van der Waals surface area contributed by atoms with Crippen LogP contribution in [0.5, 0.6) is 5.75 Å². The summed E-state index contributed by atoms with van der Waals surface area (Å²) in [6.07, 6.45) is 3.93. The number of benzene rings is 1. The highest BCUT2D eigenvalue weighted by molar-refractivity contribution is 5.94. The number of ether oxygens (including phenoxy) is 1. The average Bonchev–Trinajstić information content (AvgIpc) is 3.32. The number of nitrogens with zero attached hydrogens (tertiary/aromatic N) is 5. The first-order chi connectivity index (χ1) is 15.6. The molecule has 9 heteroatoms. The van der Waals surface area contributed by atoms with Crippen LogP contribution >= 0.6 is 0 Å². The van der Waals surface area contributed by atoms with E-state index in [0.717, 1.165) is 31.7 Å². The predicted molar refractivity (Wildman–Crippen MR) is 116 cm³/mol. The highest BCUT2D eigenvalue weighted by Gasteiger charge is 2.22. The molecule has 1 aromatic carbocycles. The van der Waals surface area contributed by atoms with Crippen LogP contribution < -0.4 is 15.0 Å². The summed E-state index contributed by atoms with van der Waals surface area (Å²) in [7, 11) is 0. The molecule has 3 heterocycles. The maximum absolute atomic E-state index is 12.6. The topological polar surface area (TPSA) is 117 Å². The summed E-state index contributed by atoms with van der Waals surface area (Å²) >= 11 is 0. The highest BCUT2D eigenvalue weighted by Crippen LogP contribution is 2.19. The molecule has 1 aliphatic heterocycles. The van der Waals surface area contributed by atoms with E-state index in [1.54, 1.807) is 36.5 Å². The van der Waals surface area contributed by atoms with Gasteiger partial charge in [-0.3, -0.25) is 4.79 Å². The molecule has 0 unspecified atom stereocenters. The van der Waals surface area contributed by atoms with Crippen LogP contribution in [0.3, 0.4) is 0 Å². The number of piperidine rings is 1. The molecule has 1 saturated heterocycles. The first-order valence-corrected chi connectivity index (χ1v) is 10.6. The Morgan fingerprint density at radius 3 is 2.66 bits per heavy atom. The number of nitrogens with one attached hydrogen (secondary N) is 1. The lowest BCUT2D eigenvalue weighted by Crippen LogP contribution is -2.44.